The predicted molar refractivity (Wildman–Crippen MR) is 106 cm³/mol. The average Bonchev–Trinajstić information content (AvgIpc) is 2.73. The average molecular weight is 372 g/mol. The zero-order valence-corrected chi connectivity index (χ0v) is 16.0. The summed E-state index contributed by atoms with van der Waals surface area (Å²) in [6.45, 7) is 4.03. The van der Waals surface area contributed by atoms with Gasteiger partial charge in [-0.05, 0) is 18.9 Å². The van der Waals surface area contributed by atoms with Crippen LogP contribution in [0.2, 0.25) is 0 Å². The molecule has 1 aromatic carbocycles. The van der Waals surface area contributed by atoms with Crippen LogP contribution < -0.4 is 4.74 Å². The van der Waals surface area contributed by atoms with E-state index >= 15 is 0 Å². The van der Waals surface area contributed by atoms with Gasteiger partial charge >= 0.3 is 0 Å². The van der Waals surface area contributed by atoms with E-state index in [-0.39, 0.29) is 5.91 Å². The summed E-state index contributed by atoms with van der Waals surface area (Å²) in [5, 5.41) is 0.897. The van der Waals surface area contributed by atoms with Crippen LogP contribution in [0.15, 0.2) is 30.3 Å². The number of amides is 1. The molecule has 0 spiro atoms. The topological polar surface area (TPSA) is 45.7 Å². The van der Waals surface area contributed by atoms with Crippen LogP contribution in [-0.2, 0) is 0 Å². The molecule has 2 saturated heterocycles. The van der Waals surface area contributed by atoms with E-state index in [2.05, 4.69) is 9.88 Å². The number of pyridine rings is 1. The van der Waals surface area contributed by atoms with Crippen LogP contribution in [0.25, 0.3) is 10.9 Å². The Bertz CT molecular complexity index is 784. The van der Waals surface area contributed by atoms with E-state index < -0.39 is 0 Å². The number of rotatable bonds is 3. The zero-order chi connectivity index (χ0) is 17.9. The molecular weight excluding hydrogens is 346 g/mol. The van der Waals surface area contributed by atoms with Gasteiger partial charge in [0.1, 0.15) is 0 Å². The summed E-state index contributed by atoms with van der Waals surface area (Å²) < 4.78 is 5.31. The van der Waals surface area contributed by atoms with Crippen LogP contribution in [0.4, 0.5) is 0 Å². The van der Waals surface area contributed by atoms with Gasteiger partial charge in [0.15, 0.2) is 0 Å². The summed E-state index contributed by atoms with van der Waals surface area (Å²) >= 11 is 2.05. The lowest BCUT2D eigenvalue weighted by molar-refractivity contribution is 0.0632. The summed E-state index contributed by atoms with van der Waals surface area (Å²) in [7, 11) is 1.59. The lowest BCUT2D eigenvalue weighted by Crippen LogP contribution is -2.49. The molecule has 0 unspecified atom stereocenters. The SMILES string of the molecule is COc1cc(C(=O)N2CCC(N3CCSCC3)CC2)c2ccccc2n1. The van der Waals surface area contributed by atoms with Gasteiger partial charge in [-0.2, -0.15) is 11.8 Å². The maximum Gasteiger partial charge on any atom is 0.254 e. The molecule has 5 nitrogen and oxygen atoms in total. The van der Waals surface area contributed by atoms with Crippen molar-refractivity contribution in [1.82, 2.24) is 14.8 Å². The normalized spacial score (nSPS) is 19.7. The lowest BCUT2D eigenvalue weighted by atomic mass is 10.0. The van der Waals surface area contributed by atoms with Crippen molar-refractivity contribution in [2.75, 3.05) is 44.8 Å². The molecule has 0 saturated carbocycles. The van der Waals surface area contributed by atoms with Gasteiger partial charge in [0.25, 0.3) is 5.91 Å². The number of methoxy groups -OCH3 is 1. The first-order valence-electron chi connectivity index (χ1n) is 9.31. The van der Waals surface area contributed by atoms with Crippen LogP contribution in [-0.4, -0.2) is 71.5 Å². The number of hydrogen-bond donors (Lipinski definition) is 0. The van der Waals surface area contributed by atoms with Crippen molar-refractivity contribution in [2.24, 2.45) is 0 Å². The van der Waals surface area contributed by atoms with Crippen LogP contribution >= 0.6 is 11.8 Å². The van der Waals surface area contributed by atoms with E-state index in [0.717, 1.165) is 36.8 Å². The van der Waals surface area contributed by atoms with E-state index in [4.69, 9.17) is 4.74 Å². The highest BCUT2D eigenvalue weighted by Crippen LogP contribution is 2.26. The van der Waals surface area contributed by atoms with Gasteiger partial charge in [-0.25, -0.2) is 4.98 Å². The number of fused-ring (bicyclic) bond motifs is 1. The number of para-hydroxylation sites is 1. The number of ether oxygens (including phenoxy) is 1. The van der Waals surface area contributed by atoms with Crippen LogP contribution in [0.3, 0.4) is 0 Å². The number of carbonyl (C=O) groups is 1. The molecule has 0 atom stereocenters. The maximum atomic E-state index is 13.2. The Balaban J connectivity index is 1.51. The molecule has 138 valence electrons. The molecule has 3 heterocycles. The fraction of sp³-hybridized carbons (Fsp3) is 0.500. The van der Waals surface area contributed by atoms with Gasteiger partial charge in [-0.3, -0.25) is 9.69 Å². The lowest BCUT2D eigenvalue weighted by Gasteiger charge is -2.40. The van der Waals surface area contributed by atoms with Crippen LogP contribution in [0.5, 0.6) is 5.88 Å². The number of benzene rings is 1. The molecular formula is C20H25N3O2S. The fourth-order valence-corrected chi connectivity index (χ4v) is 4.91. The monoisotopic (exact) mass is 371 g/mol. The standard InChI is InChI=1S/C20H25N3O2S/c1-25-19-14-17(16-4-2-3-5-18(16)21-19)20(24)23-8-6-15(7-9-23)22-10-12-26-13-11-22/h2-5,14-15H,6-13H2,1H3. The van der Waals surface area contributed by atoms with Gasteiger partial charge < -0.3 is 9.64 Å². The van der Waals surface area contributed by atoms with E-state index in [1.807, 2.05) is 40.9 Å². The van der Waals surface area contributed by atoms with Gasteiger partial charge in [-0.15, -0.1) is 0 Å². The molecule has 0 radical (unpaired) electrons. The second-order valence-electron chi connectivity index (χ2n) is 6.90. The summed E-state index contributed by atoms with van der Waals surface area (Å²) in [6, 6.07) is 10.2. The van der Waals surface area contributed by atoms with Crippen molar-refractivity contribution in [3.05, 3.63) is 35.9 Å². The van der Waals surface area contributed by atoms with E-state index in [1.54, 1.807) is 13.2 Å². The van der Waals surface area contributed by atoms with Crippen molar-refractivity contribution in [2.45, 2.75) is 18.9 Å². The smallest absolute Gasteiger partial charge is 0.254 e. The van der Waals surface area contributed by atoms with Crippen molar-refractivity contribution < 1.29 is 9.53 Å². The summed E-state index contributed by atoms with van der Waals surface area (Å²) in [5.41, 5.74) is 1.50. The van der Waals surface area contributed by atoms with Gasteiger partial charge in [0.05, 0.1) is 18.2 Å². The van der Waals surface area contributed by atoms with Crippen molar-refractivity contribution in [1.29, 1.82) is 0 Å². The summed E-state index contributed by atoms with van der Waals surface area (Å²) in [6.07, 6.45) is 2.13. The summed E-state index contributed by atoms with van der Waals surface area (Å²) in [4.78, 5) is 22.3. The van der Waals surface area contributed by atoms with Gasteiger partial charge in [-0.1, -0.05) is 18.2 Å². The Morgan fingerprint density at radius 1 is 1.15 bits per heavy atom. The van der Waals surface area contributed by atoms with Gasteiger partial charge in [0.2, 0.25) is 5.88 Å². The molecule has 0 N–H and O–H groups in total. The molecule has 26 heavy (non-hydrogen) atoms. The predicted octanol–water partition coefficient (Wildman–Crippen LogP) is 2.90. The fourth-order valence-electron chi connectivity index (χ4n) is 3.98. The third-order valence-electron chi connectivity index (χ3n) is 5.45. The van der Waals surface area contributed by atoms with Crippen molar-refractivity contribution >= 4 is 28.6 Å². The van der Waals surface area contributed by atoms with Crippen molar-refractivity contribution in [3.8, 4) is 5.88 Å². The molecule has 2 fully saturated rings. The van der Waals surface area contributed by atoms with E-state index in [1.165, 1.54) is 24.6 Å². The quantitative estimate of drug-likeness (QED) is 0.830. The molecule has 1 aromatic heterocycles. The first-order chi connectivity index (χ1) is 12.8. The molecule has 2 aliphatic heterocycles. The molecule has 1 amide bonds. The Hall–Kier alpha value is -1.79. The van der Waals surface area contributed by atoms with Gasteiger partial charge in [0, 0.05) is 55.2 Å². The maximum absolute atomic E-state index is 13.2. The Kier molecular flexibility index (Phi) is 5.31. The molecule has 0 aliphatic carbocycles. The van der Waals surface area contributed by atoms with E-state index in [0.29, 0.717) is 17.5 Å². The molecule has 6 heteroatoms. The number of thioether (sulfide) groups is 1. The number of nitrogens with zero attached hydrogens (tertiary/aromatic N) is 3. The minimum atomic E-state index is 0.0922. The highest BCUT2D eigenvalue weighted by atomic mass is 32.2. The third kappa shape index (κ3) is 3.53. The summed E-state index contributed by atoms with van der Waals surface area (Å²) in [5.74, 6) is 3.06. The van der Waals surface area contributed by atoms with Crippen molar-refractivity contribution in [3.63, 3.8) is 0 Å². The van der Waals surface area contributed by atoms with E-state index in [9.17, 15) is 4.79 Å². The molecule has 2 aliphatic rings. The number of aromatic nitrogens is 1. The minimum Gasteiger partial charge on any atom is -0.481 e. The number of hydrogen-bond acceptors (Lipinski definition) is 5. The molecule has 0 bridgehead atoms. The first kappa shape index (κ1) is 17.6. The Morgan fingerprint density at radius 3 is 2.62 bits per heavy atom. The highest BCUT2D eigenvalue weighted by molar-refractivity contribution is 7.99. The Labute approximate surface area is 158 Å². The highest BCUT2D eigenvalue weighted by Gasteiger charge is 2.29. The Morgan fingerprint density at radius 2 is 1.88 bits per heavy atom. The number of likely N-dealkylation sites (tertiary alicyclic amines) is 1. The minimum absolute atomic E-state index is 0.0922. The first-order valence-corrected chi connectivity index (χ1v) is 10.5. The number of piperidine rings is 1. The second kappa shape index (κ2) is 7.84. The largest absolute Gasteiger partial charge is 0.481 e. The zero-order valence-electron chi connectivity index (χ0n) is 15.2. The second-order valence-corrected chi connectivity index (χ2v) is 8.13. The third-order valence-corrected chi connectivity index (χ3v) is 6.39. The van der Waals surface area contributed by atoms with Crippen LogP contribution in [0.1, 0.15) is 23.2 Å². The molecule has 4 rings (SSSR count). The molecule has 2 aromatic rings. The van der Waals surface area contributed by atoms with Crippen LogP contribution in [0, 0.1) is 0 Å². The number of carbonyl (C=O) groups excluding carboxylic acids is 1.